The van der Waals surface area contributed by atoms with E-state index in [1.165, 1.54) is 0 Å². The van der Waals surface area contributed by atoms with Crippen LogP contribution in [-0.4, -0.2) is 15.0 Å². The molecule has 1 heterocycles. The third-order valence-corrected chi connectivity index (χ3v) is 10.5. The highest BCUT2D eigenvalue weighted by atomic mass is 15.0. The molecule has 8 aromatic carbocycles. The Kier molecular flexibility index (Phi) is 4.66. The largest absolute Gasteiger partial charge is 0.208 e. The molecule has 53 heavy (non-hydrogen) atoms. The molecule has 0 radical (unpaired) electrons. The predicted molar refractivity (Wildman–Crippen MR) is 215 cm³/mol. The van der Waals surface area contributed by atoms with Crippen LogP contribution in [0.3, 0.4) is 0 Å². The van der Waals surface area contributed by atoms with Crippen molar-refractivity contribution in [3.8, 4) is 67.5 Å². The summed E-state index contributed by atoms with van der Waals surface area (Å²) in [5, 5.41) is 2.18. The van der Waals surface area contributed by atoms with Gasteiger partial charge in [-0.05, 0) is 84.6 Å². The van der Waals surface area contributed by atoms with Gasteiger partial charge in [0.1, 0.15) is 0 Å². The van der Waals surface area contributed by atoms with Crippen LogP contribution in [0.4, 0.5) is 0 Å². The molecule has 246 valence electrons. The highest BCUT2D eigenvalue weighted by Crippen LogP contribution is 2.62. The second-order valence-electron chi connectivity index (χ2n) is 13.2. The zero-order valence-electron chi connectivity index (χ0n) is 38.0. The molecule has 1 atom stereocenters. The summed E-state index contributed by atoms with van der Waals surface area (Å²) >= 11 is 0. The lowest BCUT2D eigenvalue weighted by atomic mass is 9.65. The van der Waals surface area contributed by atoms with Crippen molar-refractivity contribution in [1.29, 1.82) is 0 Å². The van der Waals surface area contributed by atoms with E-state index in [1.54, 1.807) is 0 Å². The summed E-state index contributed by atoms with van der Waals surface area (Å²) in [7, 11) is 0. The van der Waals surface area contributed by atoms with Gasteiger partial charge in [0.2, 0.25) is 0 Å². The Hall–Kier alpha value is -6.97. The SMILES string of the molecule is [2H]c1c([2H])c([2H])c(-c2nc(-c3ccc4c(c3)C3(c5ccccc5-c5ccccc5-4)c4ccccc4-c4cc5ccccc5cc43)nc(-c3c([2H])c([2H])c([2H])c([2H])c3[2H])n2)c([2H])c1[2H]. The molecule has 0 aliphatic heterocycles. The topological polar surface area (TPSA) is 38.7 Å². The van der Waals surface area contributed by atoms with Crippen LogP contribution in [0.25, 0.3) is 78.3 Å². The average Bonchev–Trinajstić information content (AvgIpc) is 3.54. The molecule has 1 unspecified atom stereocenters. The lowest BCUT2D eigenvalue weighted by Gasteiger charge is -2.35. The Bertz CT molecular complexity index is 3350. The van der Waals surface area contributed by atoms with Gasteiger partial charge in [0, 0.05) is 16.7 Å². The van der Waals surface area contributed by atoms with E-state index in [1.807, 2.05) is 42.5 Å². The summed E-state index contributed by atoms with van der Waals surface area (Å²) in [6.07, 6.45) is 0. The van der Waals surface area contributed by atoms with Crippen LogP contribution >= 0.6 is 0 Å². The fourth-order valence-electron chi connectivity index (χ4n) is 8.37. The van der Waals surface area contributed by atoms with E-state index in [4.69, 9.17) is 23.7 Å². The van der Waals surface area contributed by atoms with Crippen molar-refractivity contribution in [3.63, 3.8) is 0 Å². The average molecular weight is 684 g/mol. The van der Waals surface area contributed by atoms with Crippen molar-refractivity contribution in [2.75, 3.05) is 0 Å². The molecule has 0 N–H and O–H groups in total. The molecular formula is C50H31N3. The summed E-state index contributed by atoms with van der Waals surface area (Å²) in [6, 6.07) is 38.1. The number of benzene rings is 8. The second kappa shape index (κ2) is 11.5. The van der Waals surface area contributed by atoms with Crippen LogP contribution in [0.15, 0.2) is 188 Å². The Morgan fingerprint density at radius 2 is 0.774 bits per heavy atom. The third kappa shape index (κ3) is 4.38. The summed E-state index contributed by atoms with van der Waals surface area (Å²) < 4.78 is 85.8. The lowest BCUT2D eigenvalue weighted by molar-refractivity contribution is 0.776. The van der Waals surface area contributed by atoms with E-state index in [9.17, 15) is 0 Å². The summed E-state index contributed by atoms with van der Waals surface area (Å²) in [5.41, 5.74) is 9.28. The third-order valence-electron chi connectivity index (χ3n) is 10.5. The van der Waals surface area contributed by atoms with Gasteiger partial charge in [-0.15, -0.1) is 0 Å². The maximum atomic E-state index is 8.86. The van der Waals surface area contributed by atoms with Gasteiger partial charge >= 0.3 is 0 Å². The van der Waals surface area contributed by atoms with E-state index >= 15 is 0 Å². The first-order valence-corrected chi connectivity index (χ1v) is 17.3. The highest BCUT2D eigenvalue weighted by Gasteiger charge is 2.50. The van der Waals surface area contributed by atoms with E-state index < -0.39 is 65.8 Å². The van der Waals surface area contributed by atoms with Crippen LogP contribution in [-0.2, 0) is 5.41 Å². The monoisotopic (exact) mass is 683 g/mol. The quantitative estimate of drug-likeness (QED) is 0.186. The van der Waals surface area contributed by atoms with Gasteiger partial charge in [0.05, 0.1) is 19.1 Å². The van der Waals surface area contributed by atoms with E-state index in [2.05, 4.69) is 89.9 Å². The molecule has 2 aliphatic rings. The fourth-order valence-corrected chi connectivity index (χ4v) is 8.37. The Morgan fingerprint density at radius 3 is 1.36 bits per heavy atom. The van der Waals surface area contributed by atoms with Crippen molar-refractivity contribution >= 4 is 10.8 Å². The molecule has 3 nitrogen and oxygen atoms in total. The van der Waals surface area contributed by atoms with Crippen molar-refractivity contribution in [1.82, 2.24) is 15.0 Å². The van der Waals surface area contributed by atoms with Crippen LogP contribution in [0, 0.1) is 0 Å². The first kappa shape index (κ1) is 21.4. The molecule has 0 bridgehead atoms. The van der Waals surface area contributed by atoms with Crippen molar-refractivity contribution in [2.45, 2.75) is 5.41 Å². The minimum absolute atomic E-state index is 0.00223. The van der Waals surface area contributed by atoms with Crippen LogP contribution < -0.4 is 0 Å². The summed E-state index contributed by atoms with van der Waals surface area (Å²) in [6.45, 7) is 0. The Morgan fingerprint density at radius 1 is 0.340 bits per heavy atom. The molecule has 0 amide bonds. The van der Waals surface area contributed by atoms with Crippen molar-refractivity contribution in [2.24, 2.45) is 0 Å². The first-order chi connectivity index (χ1) is 30.4. The van der Waals surface area contributed by atoms with Gasteiger partial charge < -0.3 is 0 Å². The number of hydrogen-bond donors (Lipinski definition) is 0. The first-order valence-electron chi connectivity index (χ1n) is 22.3. The highest BCUT2D eigenvalue weighted by molar-refractivity contribution is 6.01. The maximum Gasteiger partial charge on any atom is 0.164 e. The van der Waals surface area contributed by atoms with Gasteiger partial charge in [0.25, 0.3) is 0 Å². The lowest BCUT2D eigenvalue weighted by Crippen LogP contribution is -2.29. The van der Waals surface area contributed by atoms with Gasteiger partial charge in [-0.2, -0.15) is 0 Å². The second-order valence-corrected chi connectivity index (χ2v) is 13.2. The van der Waals surface area contributed by atoms with E-state index in [0.717, 1.165) is 66.4 Å². The molecule has 9 aromatic rings. The Labute approximate surface area is 322 Å². The van der Waals surface area contributed by atoms with E-state index in [0.29, 0.717) is 5.56 Å². The number of hydrogen-bond acceptors (Lipinski definition) is 3. The minimum Gasteiger partial charge on any atom is -0.208 e. The van der Waals surface area contributed by atoms with Crippen molar-refractivity contribution in [3.05, 3.63) is 210 Å². The number of rotatable bonds is 3. The predicted octanol–water partition coefficient (Wildman–Crippen LogP) is 12.0. The fraction of sp³-hybridized carbons (Fsp3) is 0.0200. The zero-order chi connectivity index (χ0) is 43.6. The minimum atomic E-state index is -0.907. The molecule has 1 aromatic heterocycles. The van der Waals surface area contributed by atoms with Gasteiger partial charge in [-0.25, -0.2) is 15.0 Å². The normalized spacial score (nSPS) is 17.5. The Balaban J connectivity index is 1.28. The molecular weight excluding hydrogens is 643 g/mol. The van der Waals surface area contributed by atoms with Gasteiger partial charge in [-0.3, -0.25) is 0 Å². The maximum absolute atomic E-state index is 8.86. The van der Waals surface area contributed by atoms with Crippen molar-refractivity contribution < 1.29 is 13.7 Å². The number of aromatic nitrogens is 3. The summed E-state index contributed by atoms with van der Waals surface area (Å²) in [5.74, 6) is -0.633. The molecule has 2 aliphatic carbocycles. The summed E-state index contributed by atoms with van der Waals surface area (Å²) in [4.78, 5) is 14.2. The van der Waals surface area contributed by atoms with Crippen LogP contribution in [0.2, 0.25) is 0 Å². The molecule has 11 rings (SSSR count). The standard InChI is InChI=1S/C50H31N3/c1-3-15-32(16-4-1)47-51-48(33-17-5-2-6-18-33)53-49(52-47)36-27-28-41-38-22-10-9-21-37(38)39-23-11-13-25-43(39)50(45(41)31-36)44-26-14-12-24-40(44)42-29-34-19-7-8-20-35(34)30-46(42)50/h1-31H/i1D,2D,3D,4D,5D,6D,15D,16D,17D,18D. The molecule has 0 saturated carbocycles. The number of fused-ring (bicyclic) bond motifs is 13. The van der Waals surface area contributed by atoms with Gasteiger partial charge in [-0.1, -0.05) is 170 Å². The molecule has 0 fully saturated rings. The smallest absolute Gasteiger partial charge is 0.164 e. The number of nitrogens with zero attached hydrogens (tertiary/aromatic N) is 3. The molecule has 3 heteroatoms. The van der Waals surface area contributed by atoms with Crippen LogP contribution in [0.5, 0.6) is 0 Å². The zero-order valence-corrected chi connectivity index (χ0v) is 28.0. The van der Waals surface area contributed by atoms with Gasteiger partial charge in [0.15, 0.2) is 17.5 Å². The van der Waals surface area contributed by atoms with Crippen LogP contribution in [0.1, 0.15) is 36.0 Å². The van der Waals surface area contributed by atoms with E-state index in [-0.39, 0.29) is 28.6 Å². The molecule has 1 spiro atoms. The molecule has 0 saturated heterocycles.